The van der Waals surface area contributed by atoms with Crippen LogP contribution >= 0.6 is 11.6 Å². The van der Waals surface area contributed by atoms with Gasteiger partial charge in [-0.3, -0.25) is 9.98 Å². The second kappa shape index (κ2) is 6.67. The summed E-state index contributed by atoms with van der Waals surface area (Å²) in [6, 6.07) is 12.5. The van der Waals surface area contributed by atoms with Gasteiger partial charge >= 0.3 is 0 Å². The van der Waals surface area contributed by atoms with E-state index in [0.717, 1.165) is 10.9 Å². The SMILES string of the molecule is CCOc1ccc(C=Nc2ccc(Cl)c3cccnc23)c(O)c1. The molecule has 0 aliphatic heterocycles. The number of aromatic hydroxyl groups is 1. The Kier molecular flexibility index (Phi) is 4.44. The molecule has 0 amide bonds. The number of aliphatic imine (C=N–C) groups is 1. The Bertz CT molecular complexity index is 878. The number of hydrogen-bond acceptors (Lipinski definition) is 4. The molecule has 0 saturated carbocycles. The molecule has 1 N–H and O–H groups in total. The highest BCUT2D eigenvalue weighted by atomic mass is 35.5. The van der Waals surface area contributed by atoms with Gasteiger partial charge in [0.05, 0.1) is 22.8 Å². The molecule has 2 aromatic carbocycles. The monoisotopic (exact) mass is 326 g/mol. The molecule has 0 aliphatic rings. The summed E-state index contributed by atoms with van der Waals surface area (Å²) in [7, 11) is 0. The van der Waals surface area contributed by atoms with Gasteiger partial charge in [0.15, 0.2) is 0 Å². The normalized spacial score (nSPS) is 11.2. The van der Waals surface area contributed by atoms with Gasteiger partial charge in [-0.05, 0) is 43.3 Å². The summed E-state index contributed by atoms with van der Waals surface area (Å²) in [5.74, 6) is 0.742. The summed E-state index contributed by atoms with van der Waals surface area (Å²) in [5, 5.41) is 11.5. The van der Waals surface area contributed by atoms with Crippen molar-refractivity contribution in [1.29, 1.82) is 0 Å². The van der Waals surface area contributed by atoms with Crippen molar-refractivity contribution >= 4 is 34.4 Å². The van der Waals surface area contributed by atoms with Gasteiger partial charge in [-0.1, -0.05) is 11.6 Å². The first kappa shape index (κ1) is 15.3. The number of phenols is 1. The van der Waals surface area contributed by atoms with Crippen LogP contribution in [-0.2, 0) is 0 Å². The fourth-order valence-electron chi connectivity index (χ4n) is 2.26. The summed E-state index contributed by atoms with van der Waals surface area (Å²) >= 11 is 6.17. The van der Waals surface area contributed by atoms with E-state index >= 15 is 0 Å². The van der Waals surface area contributed by atoms with E-state index in [1.807, 2.05) is 19.1 Å². The van der Waals surface area contributed by atoms with Gasteiger partial charge in [-0.15, -0.1) is 0 Å². The number of aromatic nitrogens is 1. The largest absolute Gasteiger partial charge is 0.507 e. The van der Waals surface area contributed by atoms with Crippen molar-refractivity contribution in [2.75, 3.05) is 6.61 Å². The van der Waals surface area contributed by atoms with Gasteiger partial charge in [0.25, 0.3) is 0 Å². The van der Waals surface area contributed by atoms with Gasteiger partial charge in [-0.25, -0.2) is 0 Å². The lowest BCUT2D eigenvalue weighted by Gasteiger charge is -2.05. The molecule has 1 heterocycles. The number of rotatable bonds is 4. The molecular weight excluding hydrogens is 312 g/mol. The van der Waals surface area contributed by atoms with Gasteiger partial charge in [0.2, 0.25) is 0 Å². The van der Waals surface area contributed by atoms with Gasteiger partial charge in [-0.2, -0.15) is 0 Å². The Hall–Kier alpha value is -2.59. The molecule has 0 unspecified atom stereocenters. The number of hydrogen-bond donors (Lipinski definition) is 1. The maximum absolute atomic E-state index is 10.0. The summed E-state index contributed by atoms with van der Waals surface area (Å²) in [4.78, 5) is 8.77. The number of halogens is 1. The maximum atomic E-state index is 10.0. The highest BCUT2D eigenvalue weighted by Gasteiger charge is 2.05. The van der Waals surface area contributed by atoms with Crippen LogP contribution in [0.1, 0.15) is 12.5 Å². The van der Waals surface area contributed by atoms with E-state index in [9.17, 15) is 5.11 Å². The summed E-state index contributed by atoms with van der Waals surface area (Å²) in [6.45, 7) is 2.44. The second-order valence-electron chi connectivity index (χ2n) is 4.88. The molecular formula is C18H15ClN2O2. The number of fused-ring (bicyclic) bond motifs is 1. The van der Waals surface area contributed by atoms with Crippen LogP contribution in [0.15, 0.2) is 53.7 Å². The van der Waals surface area contributed by atoms with Crippen LogP contribution < -0.4 is 4.74 Å². The Morgan fingerprint density at radius 3 is 2.91 bits per heavy atom. The van der Waals surface area contributed by atoms with Crippen LogP contribution in [0, 0.1) is 0 Å². The number of benzene rings is 2. The predicted molar refractivity (Wildman–Crippen MR) is 93.3 cm³/mol. The summed E-state index contributed by atoms with van der Waals surface area (Å²) < 4.78 is 5.35. The van der Waals surface area contributed by atoms with E-state index in [2.05, 4.69) is 9.98 Å². The highest BCUT2D eigenvalue weighted by Crippen LogP contribution is 2.30. The average Bonchev–Trinajstić information content (AvgIpc) is 2.56. The number of phenolic OH excluding ortho intramolecular Hbond substituents is 1. The van der Waals surface area contributed by atoms with E-state index in [1.54, 1.807) is 42.7 Å². The van der Waals surface area contributed by atoms with Crippen LogP contribution in [0.25, 0.3) is 10.9 Å². The Morgan fingerprint density at radius 1 is 1.26 bits per heavy atom. The summed E-state index contributed by atoms with van der Waals surface area (Å²) in [6.07, 6.45) is 3.30. The van der Waals surface area contributed by atoms with Crippen molar-refractivity contribution in [2.24, 2.45) is 4.99 Å². The van der Waals surface area contributed by atoms with Crippen molar-refractivity contribution in [3.63, 3.8) is 0 Å². The predicted octanol–water partition coefficient (Wildman–Crippen LogP) is 4.74. The van der Waals surface area contributed by atoms with Crippen molar-refractivity contribution in [3.8, 4) is 11.5 Å². The first-order valence-electron chi connectivity index (χ1n) is 7.22. The van der Waals surface area contributed by atoms with E-state index in [4.69, 9.17) is 16.3 Å². The molecule has 3 aromatic rings. The molecule has 0 spiro atoms. The average molecular weight is 327 g/mol. The topological polar surface area (TPSA) is 54.7 Å². The molecule has 0 atom stereocenters. The minimum absolute atomic E-state index is 0.117. The zero-order valence-electron chi connectivity index (χ0n) is 12.5. The smallest absolute Gasteiger partial charge is 0.128 e. The minimum Gasteiger partial charge on any atom is -0.507 e. The maximum Gasteiger partial charge on any atom is 0.128 e. The lowest BCUT2D eigenvalue weighted by Crippen LogP contribution is -1.92. The molecule has 3 rings (SSSR count). The molecule has 1 aromatic heterocycles. The van der Waals surface area contributed by atoms with Crippen LogP contribution in [0.2, 0.25) is 5.02 Å². The molecule has 5 heteroatoms. The zero-order chi connectivity index (χ0) is 16.2. The molecule has 23 heavy (non-hydrogen) atoms. The zero-order valence-corrected chi connectivity index (χ0v) is 13.3. The molecule has 116 valence electrons. The second-order valence-corrected chi connectivity index (χ2v) is 5.29. The first-order valence-corrected chi connectivity index (χ1v) is 7.60. The van der Waals surface area contributed by atoms with E-state index < -0.39 is 0 Å². The fourth-order valence-corrected chi connectivity index (χ4v) is 2.47. The third-order valence-electron chi connectivity index (χ3n) is 3.35. The van der Waals surface area contributed by atoms with Gasteiger partial charge in [0.1, 0.15) is 11.5 Å². The van der Waals surface area contributed by atoms with Crippen LogP contribution in [0.4, 0.5) is 5.69 Å². The van der Waals surface area contributed by atoms with E-state index in [1.165, 1.54) is 0 Å². The number of nitrogens with zero attached hydrogens (tertiary/aromatic N) is 2. The molecule has 0 bridgehead atoms. The highest BCUT2D eigenvalue weighted by molar-refractivity contribution is 6.35. The van der Waals surface area contributed by atoms with Crippen molar-refractivity contribution < 1.29 is 9.84 Å². The molecule has 0 aliphatic carbocycles. The number of ether oxygens (including phenoxy) is 1. The Balaban J connectivity index is 1.96. The van der Waals surface area contributed by atoms with Crippen LogP contribution in [-0.4, -0.2) is 22.9 Å². The van der Waals surface area contributed by atoms with E-state index in [-0.39, 0.29) is 5.75 Å². The van der Waals surface area contributed by atoms with Crippen molar-refractivity contribution in [3.05, 3.63) is 59.2 Å². The Labute approximate surface area is 139 Å². The third-order valence-corrected chi connectivity index (χ3v) is 3.68. The standard InChI is InChI=1S/C18H15ClN2O2/c1-2-23-13-6-5-12(17(22)10-13)11-21-16-8-7-15(19)14-4-3-9-20-18(14)16/h3-11,22H,2H2,1H3. The molecule has 0 radical (unpaired) electrons. The molecule has 0 fully saturated rings. The van der Waals surface area contributed by atoms with Gasteiger partial charge in [0, 0.05) is 29.4 Å². The first-order chi connectivity index (χ1) is 11.2. The number of pyridine rings is 1. The van der Waals surface area contributed by atoms with E-state index in [0.29, 0.717) is 28.6 Å². The molecule has 4 nitrogen and oxygen atoms in total. The Morgan fingerprint density at radius 2 is 2.13 bits per heavy atom. The van der Waals surface area contributed by atoms with Crippen molar-refractivity contribution in [1.82, 2.24) is 4.98 Å². The van der Waals surface area contributed by atoms with Crippen molar-refractivity contribution in [2.45, 2.75) is 6.92 Å². The van der Waals surface area contributed by atoms with Gasteiger partial charge < -0.3 is 9.84 Å². The fraction of sp³-hybridized carbons (Fsp3) is 0.111. The lowest BCUT2D eigenvalue weighted by atomic mass is 10.2. The van der Waals surface area contributed by atoms with Crippen LogP contribution in [0.5, 0.6) is 11.5 Å². The quantitative estimate of drug-likeness (QED) is 0.704. The third kappa shape index (κ3) is 3.27. The lowest BCUT2D eigenvalue weighted by molar-refractivity contribution is 0.337. The molecule has 0 saturated heterocycles. The van der Waals surface area contributed by atoms with Crippen LogP contribution in [0.3, 0.4) is 0 Å². The minimum atomic E-state index is 0.117. The summed E-state index contributed by atoms with van der Waals surface area (Å²) in [5.41, 5.74) is 2.02.